The highest BCUT2D eigenvalue weighted by atomic mass is 19.4. The molecule has 2 fully saturated rings. The van der Waals surface area contributed by atoms with Gasteiger partial charge in [0.25, 0.3) is 5.91 Å². The van der Waals surface area contributed by atoms with Crippen molar-refractivity contribution >= 4 is 34.2 Å². The average molecular weight is 718 g/mol. The summed E-state index contributed by atoms with van der Waals surface area (Å²) in [5.74, 6) is 4.14. The fourth-order valence-electron chi connectivity index (χ4n) is 6.63. The lowest BCUT2D eigenvalue weighted by atomic mass is 9.96. The Morgan fingerprint density at radius 1 is 1.08 bits per heavy atom. The monoisotopic (exact) mass is 717 g/mol. The lowest BCUT2D eigenvalue weighted by Gasteiger charge is -2.24. The number of hydrogen-bond donors (Lipinski definition) is 3. The van der Waals surface area contributed by atoms with Crippen molar-refractivity contribution in [2.45, 2.75) is 25.1 Å². The van der Waals surface area contributed by atoms with Crippen molar-refractivity contribution in [1.29, 1.82) is 0 Å². The number of alkyl halides is 3. The first-order chi connectivity index (χ1) is 24.9. The molecule has 0 spiro atoms. The molecule has 0 radical (unpaired) electrons. The second-order valence-corrected chi connectivity index (χ2v) is 12.9. The van der Waals surface area contributed by atoms with Gasteiger partial charge in [0.05, 0.1) is 47.5 Å². The van der Waals surface area contributed by atoms with Crippen LogP contribution in [0, 0.1) is 17.7 Å². The number of carbonyl (C=O) groups excluding carboxylic acids is 2. The summed E-state index contributed by atoms with van der Waals surface area (Å²) in [7, 11) is 3.85. The minimum Gasteiger partial charge on any atom is -0.383 e. The van der Waals surface area contributed by atoms with Crippen LogP contribution < -0.4 is 16.4 Å². The van der Waals surface area contributed by atoms with Crippen LogP contribution in [0.2, 0.25) is 0 Å². The van der Waals surface area contributed by atoms with Crippen LogP contribution in [0.3, 0.4) is 0 Å². The van der Waals surface area contributed by atoms with Crippen molar-refractivity contribution in [3.8, 4) is 34.2 Å². The van der Waals surface area contributed by atoms with Crippen LogP contribution in [0.15, 0.2) is 60.8 Å². The van der Waals surface area contributed by atoms with Gasteiger partial charge in [-0.2, -0.15) is 13.2 Å². The van der Waals surface area contributed by atoms with E-state index in [1.54, 1.807) is 29.7 Å². The van der Waals surface area contributed by atoms with E-state index in [-0.39, 0.29) is 17.8 Å². The predicted molar refractivity (Wildman–Crippen MR) is 192 cm³/mol. The lowest BCUT2D eigenvalue weighted by molar-refractivity contribution is -0.123. The normalized spacial score (nSPS) is 17.0. The van der Waals surface area contributed by atoms with Crippen LogP contribution in [0.4, 0.5) is 29.1 Å². The zero-order valence-corrected chi connectivity index (χ0v) is 28.8. The van der Waals surface area contributed by atoms with Gasteiger partial charge in [0.1, 0.15) is 18.2 Å². The van der Waals surface area contributed by atoms with E-state index in [1.807, 2.05) is 36.9 Å². The zero-order valence-electron chi connectivity index (χ0n) is 28.8. The summed E-state index contributed by atoms with van der Waals surface area (Å²) in [6.07, 6.45) is 2.47. The number of morpholine rings is 1. The van der Waals surface area contributed by atoms with E-state index in [0.29, 0.717) is 64.3 Å². The number of aromatic nitrogens is 2. The van der Waals surface area contributed by atoms with Crippen LogP contribution >= 0.6 is 0 Å². The molecule has 0 unspecified atom stereocenters. The van der Waals surface area contributed by atoms with Gasteiger partial charge in [0, 0.05) is 49.7 Å². The molecule has 4 aromatic rings. The number of fused-ring (bicyclic) bond motifs is 1. The minimum absolute atomic E-state index is 0.154. The summed E-state index contributed by atoms with van der Waals surface area (Å²) in [6, 6.07) is 11.1. The van der Waals surface area contributed by atoms with Gasteiger partial charge in [-0.1, -0.05) is 36.1 Å². The van der Waals surface area contributed by atoms with Crippen LogP contribution in [-0.4, -0.2) is 96.4 Å². The highest BCUT2D eigenvalue weighted by Crippen LogP contribution is 2.43. The number of nitrogen functional groups attached to an aromatic ring is 1. The number of benzene rings is 2. The van der Waals surface area contributed by atoms with Gasteiger partial charge in [0.15, 0.2) is 0 Å². The molecule has 2 amide bonds. The van der Waals surface area contributed by atoms with E-state index in [0.717, 1.165) is 44.6 Å². The van der Waals surface area contributed by atoms with E-state index in [9.17, 15) is 22.8 Å². The minimum atomic E-state index is -4.65. The van der Waals surface area contributed by atoms with Crippen molar-refractivity contribution < 1.29 is 31.9 Å². The Morgan fingerprint density at radius 3 is 2.48 bits per heavy atom. The van der Waals surface area contributed by atoms with Crippen molar-refractivity contribution in [2.24, 2.45) is 7.05 Å². The number of nitrogens with one attached hydrogen (secondary N) is 2. The first-order valence-corrected chi connectivity index (χ1v) is 16.9. The van der Waals surface area contributed by atoms with Gasteiger partial charge in [-0.05, 0) is 61.8 Å². The molecule has 4 N–H and O–H groups in total. The Bertz CT molecular complexity index is 2060. The number of rotatable bonds is 8. The number of halogens is 4. The summed E-state index contributed by atoms with van der Waals surface area (Å²) in [5, 5.41) is 5.09. The van der Waals surface area contributed by atoms with E-state index in [2.05, 4.69) is 31.9 Å². The Labute approximate surface area is 298 Å². The second kappa shape index (κ2) is 15.6. The molecule has 272 valence electrons. The number of nitrogens with zero attached hydrogens (tertiary/aromatic N) is 4. The average Bonchev–Trinajstić information content (AvgIpc) is 3.68. The van der Waals surface area contributed by atoms with Gasteiger partial charge in [-0.15, -0.1) is 0 Å². The Morgan fingerprint density at radius 2 is 1.81 bits per heavy atom. The molecule has 2 aliphatic heterocycles. The second-order valence-electron chi connectivity index (χ2n) is 12.9. The molecular weight excluding hydrogens is 678 g/mol. The summed E-state index contributed by atoms with van der Waals surface area (Å²) < 4.78 is 61.1. The molecule has 14 heteroatoms. The van der Waals surface area contributed by atoms with Gasteiger partial charge < -0.3 is 25.7 Å². The number of likely N-dealkylation sites (tertiary alicyclic amines) is 1. The summed E-state index contributed by atoms with van der Waals surface area (Å²) in [4.78, 5) is 34.0. The van der Waals surface area contributed by atoms with Crippen molar-refractivity contribution in [3.05, 3.63) is 77.8 Å². The fraction of sp³-hybridized carbons (Fsp3) is 0.342. The summed E-state index contributed by atoms with van der Waals surface area (Å²) in [5.41, 5.74) is 9.86. The van der Waals surface area contributed by atoms with Gasteiger partial charge in [0.2, 0.25) is 5.91 Å². The Hall–Kier alpha value is -5.23. The largest absolute Gasteiger partial charge is 0.405 e. The fourth-order valence-corrected chi connectivity index (χ4v) is 6.63. The first-order valence-electron chi connectivity index (χ1n) is 16.9. The van der Waals surface area contributed by atoms with E-state index < -0.39 is 30.0 Å². The molecule has 2 saturated heterocycles. The molecule has 2 aromatic heterocycles. The van der Waals surface area contributed by atoms with E-state index in [4.69, 9.17) is 10.5 Å². The molecule has 2 aliphatic rings. The number of ether oxygens (including phenoxy) is 1. The molecular formula is C38H39F4N7O3. The molecule has 4 heterocycles. The Balaban J connectivity index is 1.39. The number of nitrogens with two attached hydrogens (primary N) is 1. The highest BCUT2D eigenvalue weighted by molar-refractivity contribution is 6.11. The van der Waals surface area contributed by atoms with E-state index in [1.165, 1.54) is 6.07 Å². The molecule has 10 nitrogen and oxygen atoms in total. The van der Waals surface area contributed by atoms with Crippen LogP contribution in [0.1, 0.15) is 28.8 Å². The number of carbonyl (C=O) groups is 2. The van der Waals surface area contributed by atoms with Gasteiger partial charge in [-0.3, -0.25) is 19.4 Å². The zero-order chi connectivity index (χ0) is 37.0. The highest BCUT2D eigenvalue weighted by Gasteiger charge is 2.29. The standard InChI is InChI=1S/C38H39F4N7O3/c1-47-15-4-6-28(47)12-14-31(50)46-27-10-7-24(8-11-27)34-32(25-9-13-29(30(39)21-25)37(51)45-23-38(40,41)42)33-35(48(34)2)26(22-44-36(33)43)5-3-16-49-17-19-52-20-18-49/h7-14,21-22,28H,4,6,15-20,23H2,1-2H3,(H2,43,44)(H,45,51)(H,46,50)/b14-12+/t28-/m1/s1. The number of hydrogen-bond acceptors (Lipinski definition) is 7. The maximum atomic E-state index is 15.5. The van der Waals surface area contributed by atoms with Crippen molar-refractivity contribution in [3.63, 3.8) is 0 Å². The number of pyridine rings is 1. The van der Waals surface area contributed by atoms with Crippen molar-refractivity contribution in [2.75, 3.05) is 64.0 Å². The molecule has 1 atom stereocenters. The van der Waals surface area contributed by atoms with E-state index >= 15 is 4.39 Å². The quantitative estimate of drug-likeness (QED) is 0.131. The number of likely N-dealkylation sites (N-methyl/N-ethyl adjacent to an activating group) is 1. The van der Waals surface area contributed by atoms with Gasteiger partial charge in [-0.25, -0.2) is 9.37 Å². The topological polar surface area (TPSA) is 118 Å². The third-order valence-electron chi connectivity index (χ3n) is 9.29. The summed E-state index contributed by atoms with van der Waals surface area (Å²) in [6.45, 7) is 2.72. The molecule has 6 rings (SSSR count). The molecule has 0 saturated carbocycles. The van der Waals surface area contributed by atoms with Crippen LogP contribution in [-0.2, 0) is 16.6 Å². The molecule has 0 bridgehead atoms. The van der Waals surface area contributed by atoms with Crippen LogP contribution in [0.25, 0.3) is 33.3 Å². The molecule has 2 aromatic carbocycles. The number of anilines is 2. The maximum Gasteiger partial charge on any atom is 0.405 e. The van der Waals surface area contributed by atoms with Crippen molar-refractivity contribution in [1.82, 2.24) is 24.7 Å². The number of amides is 2. The molecule has 0 aliphatic carbocycles. The molecule has 52 heavy (non-hydrogen) atoms. The third-order valence-corrected chi connectivity index (χ3v) is 9.29. The Kier molecular flexibility index (Phi) is 10.9. The third kappa shape index (κ3) is 8.28. The summed E-state index contributed by atoms with van der Waals surface area (Å²) >= 11 is 0. The maximum absolute atomic E-state index is 15.5. The smallest absolute Gasteiger partial charge is 0.383 e. The first kappa shape index (κ1) is 36.6. The number of aryl methyl sites for hydroxylation is 1. The predicted octanol–water partition coefficient (Wildman–Crippen LogP) is 5.19. The lowest BCUT2D eigenvalue weighted by Crippen LogP contribution is -2.36. The van der Waals surface area contributed by atoms with Gasteiger partial charge >= 0.3 is 6.18 Å². The van der Waals surface area contributed by atoms with Crippen LogP contribution in [0.5, 0.6) is 0 Å². The SMILES string of the molecule is CN1CCC[C@@H]1/C=C/C(=O)Nc1ccc(-c2c(-c3ccc(C(=O)NCC(F)(F)F)c(F)c3)c3c(N)ncc(C#CCN4CCOCC4)c3n2C)cc1.